The number of hydrogen-bond acceptors (Lipinski definition) is 5. The van der Waals surface area contributed by atoms with Gasteiger partial charge in [0.25, 0.3) is 11.8 Å². The van der Waals surface area contributed by atoms with E-state index >= 15 is 0 Å². The fourth-order valence-electron chi connectivity index (χ4n) is 3.51. The number of carbonyl (C=O) groups excluding carboxylic acids is 4. The van der Waals surface area contributed by atoms with Crippen molar-refractivity contribution in [1.82, 2.24) is 5.06 Å². The highest BCUT2D eigenvalue weighted by Crippen LogP contribution is 2.15. The summed E-state index contributed by atoms with van der Waals surface area (Å²) in [6, 6.07) is 0. The summed E-state index contributed by atoms with van der Waals surface area (Å²) in [4.78, 5) is 51.0. The van der Waals surface area contributed by atoms with E-state index in [1.165, 1.54) is 64.2 Å². The Morgan fingerprint density at radius 2 is 1.14 bits per heavy atom. The summed E-state index contributed by atoms with van der Waals surface area (Å²) in [5.74, 6) is -1.67. The maximum Gasteiger partial charge on any atom is 0.333 e. The molecule has 0 unspecified atom stereocenters. The second kappa shape index (κ2) is 16.1. The monoisotopic (exact) mass is 409 g/mol. The molecule has 0 spiro atoms. The Balaban J connectivity index is 1.88. The topological polar surface area (TPSA) is 80.8 Å². The predicted octanol–water partition coefficient (Wildman–Crippen LogP) is 5.42. The molecule has 6 nitrogen and oxygen atoms in total. The van der Waals surface area contributed by atoms with E-state index in [9.17, 15) is 19.2 Å². The molecule has 0 aromatic heterocycles. The summed E-state index contributed by atoms with van der Waals surface area (Å²) in [6.45, 7) is 2.25. The van der Waals surface area contributed by atoms with Crippen molar-refractivity contribution in [1.29, 1.82) is 0 Å². The van der Waals surface area contributed by atoms with E-state index in [2.05, 4.69) is 6.92 Å². The third-order valence-corrected chi connectivity index (χ3v) is 5.37. The van der Waals surface area contributed by atoms with E-state index in [-0.39, 0.29) is 31.5 Å². The van der Waals surface area contributed by atoms with Crippen LogP contribution in [0.25, 0.3) is 0 Å². The number of hydrogen-bond donors (Lipinski definition) is 0. The van der Waals surface area contributed by atoms with E-state index in [0.717, 1.165) is 19.3 Å². The lowest BCUT2D eigenvalue weighted by atomic mass is 10.0. The van der Waals surface area contributed by atoms with Gasteiger partial charge < -0.3 is 4.84 Å². The molecule has 2 amide bonds. The van der Waals surface area contributed by atoms with Crippen LogP contribution >= 0.6 is 0 Å². The second-order valence-electron chi connectivity index (χ2n) is 8.08. The molecule has 1 heterocycles. The highest BCUT2D eigenvalue weighted by atomic mass is 16.7. The molecule has 1 fully saturated rings. The minimum Gasteiger partial charge on any atom is -0.330 e. The van der Waals surface area contributed by atoms with Gasteiger partial charge in [-0.05, 0) is 6.42 Å². The van der Waals surface area contributed by atoms with Crippen molar-refractivity contribution in [3.05, 3.63) is 0 Å². The smallest absolute Gasteiger partial charge is 0.330 e. The second-order valence-corrected chi connectivity index (χ2v) is 8.08. The minimum absolute atomic E-state index is 0.0316. The number of imide groups is 1. The van der Waals surface area contributed by atoms with Gasteiger partial charge in [-0.3, -0.25) is 14.4 Å². The van der Waals surface area contributed by atoms with Gasteiger partial charge in [-0.15, -0.1) is 5.06 Å². The van der Waals surface area contributed by atoms with Gasteiger partial charge in [0.15, 0.2) is 0 Å². The van der Waals surface area contributed by atoms with Crippen LogP contribution in [0.5, 0.6) is 0 Å². The Hall–Kier alpha value is -1.72. The van der Waals surface area contributed by atoms with Gasteiger partial charge in [0, 0.05) is 25.7 Å². The summed E-state index contributed by atoms with van der Waals surface area (Å²) in [7, 11) is 0. The first kappa shape index (κ1) is 25.3. The molecule has 0 N–H and O–H groups in total. The summed E-state index contributed by atoms with van der Waals surface area (Å²) >= 11 is 0. The quantitative estimate of drug-likeness (QED) is 0.223. The zero-order valence-corrected chi connectivity index (χ0v) is 18.2. The average molecular weight is 410 g/mol. The summed E-state index contributed by atoms with van der Waals surface area (Å²) in [5.41, 5.74) is 0. The van der Waals surface area contributed by atoms with E-state index in [4.69, 9.17) is 4.84 Å². The first-order valence-electron chi connectivity index (χ1n) is 11.6. The van der Waals surface area contributed by atoms with Crippen molar-refractivity contribution in [2.45, 2.75) is 122 Å². The molecule has 0 atom stereocenters. The molecule has 29 heavy (non-hydrogen) atoms. The maximum absolute atomic E-state index is 11.9. The fourth-order valence-corrected chi connectivity index (χ4v) is 3.51. The van der Waals surface area contributed by atoms with Crippen molar-refractivity contribution in [2.24, 2.45) is 0 Å². The Kier molecular flexibility index (Phi) is 14.1. The Morgan fingerprint density at radius 1 is 0.690 bits per heavy atom. The number of carbonyl (C=O) groups is 4. The van der Waals surface area contributed by atoms with Crippen LogP contribution in [0.1, 0.15) is 122 Å². The molecule has 1 aliphatic heterocycles. The van der Waals surface area contributed by atoms with Gasteiger partial charge in [-0.1, -0.05) is 84.0 Å². The summed E-state index contributed by atoms with van der Waals surface area (Å²) < 4.78 is 0. The van der Waals surface area contributed by atoms with Crippen LogP contribution < -0.4 is 0 Å². The zero-order valence-electron chi connectivity index (χ0n) is 18.2. The molecule has 0 saturated carbocycles. The van der Waals surface area contributed by atoms with Crippen LogP contribution in [0.3, 0.4) is 0 Å². The maximum atomic E-state index is 11.9. The van der Waals surface area contributed by atoms with Crippen LogP contribution in [0.2, 0.25) is 0 Å². The molecular formula is C23H39NO5. The Labute approximate surface area is 175 Å². The third kappa shape index (κ3) is 12.4. The standard InChI is InChI=1S/C23H39NO5/c1-2-3-4-5-6-7-8-9-10-11-12-13-14-15-20(25)16-19-23(28)29-24-21(26)17-18-22(24)27/h2-19H2,1H3. The Morgan fingerprint density at radius 3 is 1.62 bits per heavy atom. The lowest BCUT2D eigenvalue weighted by Crippen LogP contribution is -2.32. The van der Waals surface area contributed by atoms with Crippen molar-refractivity contribution in [3.8, 4) is 0 Å². The largest absolute Gasteiger partial charge is 0.333 e. The highest BCUT2D eigenvalue weighted by molar-refractivity contribution is 6.01. The van der Waals surface area contributed by atoms with Gasteiger partial charge in [0.2, 0.25) is 0 Å². The van der Waals surface area contributed by atoms with E-state index < -0.39 is 17.8 Å². The van der Waals surface area contributed by atoms with Crippen LogP contribution in [0, 0.1) is 0 Å². The van der Waals surface area contributed by atoms with Crippen LogP contribution in [-0.2, 0) is 24.0 Å². The number of Topliss-reactive ketones (excluding diaryl/α,β-unsaturated/α-hetero) is 1. The van der Waals surface area contributed by atoms with Gasteiger partial charge in [-0.2, -0.15) is 0 Å². The normalized spacial score (nSPS) is 13.9. The molecule has 166 valence electrons. The van der Waals surface area contributed by atoms with Crippen LogP contribution in [-0.4, -0.2) is 28.6 Å². The molecule has 0 bridgehead atoms. The van der Waals surface area contributed by atoms with Crippen LogP contribution in [0.15, 0.2) is 0 Å². The van der Waals surface area contributed by atoms with Crippen molar-refractivity contribution < 1.29 is 24.0 Å². The average Bonchev–Trinajstić information content (AvgIpc) is 3.02. The molecule has 1 saturated heterocycles. The molecule has 0 aromatic rings. The highest BCUT2D eigenvalue weighted by Gasteiger charge is 2.32. The molecule has 0 aromatic carbocycles. The van der Waals surface area contributed by atoms with Crippen LogP contribution in [0.4, 0.5) is 0 Å². The lowest BCUT2D eigenvalue weighted by Gasteiger charge is -2.12. The number of rotatable bonds is 18. The van der Waals surface area contributed by atoms with Crippen molar-refractivity contribution >= 4 is 23.6 Å². The number of ketones is 1. The Bertz CT molecular complexity index is 501. The fraction of sp³-hybridized carbons (Fsp3) is 0.826. The molecular weight excluding hydrogens is 370 g/mol. The zero-order chi connectivity index (χ0) is 21.3. The first-order valence-corrected chi connectivity index (χ1v) is 11.6. The first-order chi connectivity index (χ1) is 14.0. The SMILES string of the molecule is CCCCCCCCCCCCCCCC(=O)CCC(=O)ON1C(=O)CCC1=O. The van der Waals surface area contributed by atoms with Crippen molar-refractivity contribution in [3.63, 3.8) is 0 Å². The van der Waals surface area contributed by atoms with Crippen molar-refractivity contribution in [2.75, 3.05) is 0 Å². The van der Waals surface area contributed by atoms with Gasteiger partial charge >= 0.3 is 5.97 Å². The number of hydroxylamine groups is 2. The number of unbranched alkanes of at least 4 members (excludes halogenated alkanes) is 12. The van der Waals surface area contributed by atoms with Gasteiger partial charge in [0.05, 0.1) is 6.42 Å². The number of amides is 2. The molecule has 6 heteroatoms. The summed E-state index contributed by atoms with van der Waals surface area (Å²) in [6.07, 6.45) is 17.0. The molecule has 0 radical (unpaired) electrons. The molecule has 1 rings (SSSR count). The third-order valence-electron chi connectivity index (χ3n) is 5.37. The molecule has 1 aliphatic rings. The molecule has 0 aliphatic carbocycles. The number of nitrogens with zero attached hydrogens (tertiary/aromatic N) is 1. The van der Waals surface area contributed by atoms with Gasteiger partial charge in [-0.25, -0.2) is 4.79 Å². The summed E-state index contributed by atoms with van der Waals surface area (Å²) in [5, 5.41) is 0.527. The minimum atomic E-state index is -0.702. The van der Waals surface area contributed by atoms with Gasteiger partial charge in [0.1, 0.15) is 5.78 Å². The predicted molar refractivity (Wildman–Crippen MR) is 112 cm³/mol. The van der Waals surface area contributed by atoms with E-state index in [0.29, 0.717) is 11.5 Å². The van der Waals surface area contributed by atoms with E-state index in [1.807, 2.05) is 0 Å². The lowest BCUT2D eigenvalue weighted by molar-refractivity contribution is -0.197. The van der Waals surface area contributed by atoms with E-state index in [1.54, 1.807) is 0 Å².